The third-order valence-corrected chi connectivity index (χ3v) is 4.08. The predicted octanol–water partition coefficient (Wildman–Crippen LogP) is 2.65. The summed E-state index contributed by atoms with van der Waals surface area (Å²) >= 11 is 0. The van der Waals surface area contributed by atoms with E-state index in [-0.39, 0.29) is 0 Å². The van der Waals surface area contributed by atoms with Crippen molar-refractivity contribution in [2.75, 3.05) is 24.3 Å². The van der Waals surface area contributed by atoms with Gasteiger partial charge in [0.25, 0.3) is 10.1 Å². The van der Waals surface area contributed by atoms with Gasteiger partial charge in [-0.3, -0.25) is 4.18 Å². The van der Waals surface area contributed by atoms with Crippen LogP contribution in [0, 0.1) is 11.3 Å². The van der Waals surface area contributed by atoms with Crippen LogP contribution in [0.25, 0.3) is 0 Å². The minimum atomic E-state index is -4.97. The Kier molecular flexibility index (Phi) is 5.65. The molecule has 1 aromatic carbocycles. The van der Waals surface area contributed by atoms with Crippen LogP contribution in [0.4, 0.5) is 32.0 Å². The average Bonchev–Trinajstić information content (AvgIpc) is 2.95. The second-order valence-corrected chi connectivity index (χ2v) is 7.28. The Hall–Kier alpha value is -2.04. The smallest absolute Gasteiger partial charge is 0.342 e. The summed E-state index contributed by atoms with van der Waals surface area (Å²) in [5, 5.41) is 8.77. The van der Waals surface area contributed by atoms with Crippen molar-refractivity contribution in [3.8, 4) is 6.07 Å². The molecule has 1 saturated heterocycles. The maximum absolute atomic E-state index is 13.2. The van der Waals surface area contributed by atoms with Gasteiger partial charge < -0.3 is 9.64 Å². The number of hydrogen-bond donors (Lipinski definition) is 0. The number of nitrogens with zero attached hydrogens (tertiary/aromatic N) is 2. The fraction of sp³-hybridized carbons (Fsp3) is 0.500. The third-order valence-electron chi connectivity index (χ3n) is 3.51. The first-order valence-electron chi connectivity index (χ1n) is 7.17. The second-order valence-electron chi connectivity index (χ2n) is 5.63. The molecule has 1 aliphatic rings. The zero-order valence-electron chi connectivity index (χ0n) is 13.5. The fourth-order valence-electron chi connectivity index (χ4n) is 2.44. The minimum absolute atomic E-state index is 0.417. The summed E-state index contributed by atoms with van der Waals surface area (Å²) in [6, 6.07) is 3.43. The van der Waals surface area contributed by atoms with Crippen LogP contribution in [-0.2, 0) is 25.2 Å². The van der Waals surface area contributed by atoms with Crippen LogP contribution in [0.15, 0.2) is 18.2 Å². The number of nitriles is 1. The lowest BCUT2D eigenvalue weighted by atomic mass is 10.1. The molecule has 0 aliphatic carbocycles. The molecule has 1 fully saturated rings. The van der Waals surface area contributed by atoms with Gasteiger partial charge in [-0.15, -0.1) is 0 Å². The maximum atomic E-state index is 13.2. The van der Waals surface area contributed by atoms with Crippen molar-refractivity contribution in [2.45, 2.75) is 24.7 Å². The first kappa shape index (κ1) is 21.3. The highest BCUT2D eigenvalue weighted by Gasteiger charge is 2.51. The molecule has 0 saturated carbocycles. The Balaban J connectivity index is 2.38. The number of alkyl halides is 6. The SMILES string of the molecule is CS(=O)(=O)OC[C@H]1CN(c2ccc(C#N)c(C(F)(F)F)c2)[C@H](C(F)(F)F)O1. The molecule has 0 radical (unpaired) electrons. The fourth-order valence-corrected chi connectivity index (χ4v) is 2.84. The highest BCUT2D eigenvalue weighted by atomic mass is 32.2. The van der Waals surface area contributed by atoms with Gasteiger partial charge in [0.1, 0.15) is 6.10 Å². The first-order chi connectivity index (χ1) is 12.2. The Morgan fingerprint density at radius 3 is 2.41 bits per heavy atom. The van der Waals surface area contributed by atoms with Crippen molar-refractivity contribution in [1.82, 2.24) is 0 Å². The van der Waals surface area contributed by atoms with E-state index >= 15 is 0 Å². The highest BCUT2D eigenvalue weighted by molar-refractivity contribution is 7.85. The molecule has 1 aromatic rings. The van der Waals surface area contributed by atoms with E-state index in [2.05, 4.69) is 4.18 Å². The van der Waals surface area contributed by atoms with Crippen LogP contribution in [0.5, 0.6) is 0 Å². The number of hydrogen-bond acceptors (Lipinski definition) is 6. The van der Waals surface area contributed by atoms with Gasteiger partial charge in [0.15, 0.2) is 0 Å². The lowest BCUT2D eigenvalue weighted by Gasteiger charge is -2.27. The van der Waals surface area contributed by atoms with Crippen molar-refractivity contribution in [3.05, 3.63) is 29.3 Å². The summed E-state index contributed by atoms with van der Waals surface area (Å²) in [6.45, 7) is -1.30. The first-order valence-corrected chi connectivity index (χ1v) is 8.98. The van der Waals surface area contributed by atoms with E-state index in [0.29, 0.717) is 17.2 Å². The molecule has 27 heavy (non-hydrogen) atoms. The third kappa shape index (κ3) is 5.24. The molecule has 2 atom stereocenters. The summed E-state index contributed by atoms with van der Waals surface area (Å²) in [5.41, 5.74) is -2.61. The lowest BCUT2D eigenvalue weighted by Crippen LogP contribution is -2.42. The maximum Gasteiger partial charge on any atom is 0.433 e. The number of benzene rings is 1. The van der Waals surface area contributed by atoms with E-state index in [1.54, 1.807) is 0 Å². The molecule has 6 nitrogen and oxygen atoms in total. The quantitative estimate of drug-likeness (QED) is 0.553. The number of halogens is 6. The van der Waals surface area contributed by atoms with E-state index in [1.165, 1.54) is 6.07 Å². The lowest BCUT2D eigenvalue weighted by molar-refractivity contribution is -0.215. The van der Waals surface area contributed by atoms with Gasteiger partial charge in [-0.2, -0.15) is 40.0 Å². The molecule has 1 aliphatic heterocycles. The van der Waals surface area contributed by atoms with Crippen molar-refractivity contribution in [2.24, 2.45) is 0 Å². The molecule has 150 valence electrons. The summed E-state index contributed by atoms with van der Waals surface area (Å²) < 4.78 is 110. The van der Waals surface area contributed by atoms with Gasteiger partial charge in [-0.1, -0.05) is 0 Å². The van der Waals surface area contributed by atoms with Crippen LogP contribution in [0.3, 0.4) is 0 Å². The van der Waals surface area contributed by atoms with E-state index in [4.69, 9.17) is 10.00 Å². The molecule has 0 N–H and O–H groups in total. The van der Waals surface area contributed by atoms with Gasteiger partial charge in [-0.05, 0) is 18.2 Å². The molecule has 0 bridgehead atoms. The van der Waals surface area contributed by atoms with Crippen molar-refractivity contribution >= 4 is 15.8 Å². The van der Waals surface area contributed by atoms with Gasteiger partial charge in [-0.25, -0.2) is 0 Å². The molecule has 0 amide bonds. The van der Waals surface area contributed by atoms with E-state index in [0.717, 1.165) is 12.1 Å². The largest absolute Gasteiger partial charge is 0.433 e. The van der Waals surface area contributed by atoms with Gasteiger partial charge >= 0.3 is 12.4 Å². The van der Waals surface area contributed by atoms with Crippen molar-refractivity contribution in [3.63, 3.8) is 0 Å². The molecule has 0 spiro atoms. The summed E-state index contributed by atoms with van der Waals surface area (Å²) in [6.07, 6.45) is -13.2. The summed E-state index contributed by atoms with van der Waals surface area (Å²) in [4.78, 5) is 0.507. The topological polar surface area (TPSA) is 79.6 Å². The summed E-state index contributed by atoms with van der Waals surface area (Å²) in [7, 11) is -3.95. The van der Waals surface area contributed by atoms with E-state index in [9.17, 15) is 34.8 Å². The molecular weight excluding hydrogens is 406 g/mol. The van der Waals surface area contributed by atoms with Gasteiger partial charge in [0, 0.05) is 12.2 Å². The Labute approximate surface area is 150 Å². The van der Waals surface area contributed by atoms with Crippen LogP contribution in [-0.4, -0.2) is 46.3 Å². The van der Waals surface area contributed by atoms with Crippen LogP contribution < -0.4 is 4.90 Å². The number of ether oxygens (including phenoxy) is 1. The molecule has 0 unspecified atom stereocenters. The van der Waals surface area contributed by atoms with Gasteiger partial charge in [0.05, 0.1) is 30.1 Å². The molecule has 13 heteroatoms. The number of anilines is 1. The van der Waals surface area contributed by atoms with Gasteiger partial charge in [0.2, 0.25) is 6.23 Å². The Morgan fingerprint density at radius 2 is 1.93 bits per heavy atom. The molecular formula is C14H12F6N2O4S. The summed E-state index contributed by atoms with van der Waals surface area (Å²) in [5.74, 6) is 0. The molecule has 1 heterocycles. The molecule has 2 rings (SSSR count). The van der Waals surface area contributed by atoms with Crippen LogP contribution in [0.1, 0.15) is 11.1 Å². The van der Waals surface area contributed by atoms with E-state index < -0.39 is 64.8 Å². The Morgan fingerprint density at radius 1 is 1.30 bits per heavy atom. The normalized spacial score (nSPS) is 21.3. The standard InChI is InChI=1S/C14H12F6N2O4S/c1-27(23,24)25-7-10-6-22(12(26-10)14(18,19)20)9-3-2-8(5-21)11(4-9)13(15,16)17/h2-4,10,12H,6-7H2,1H3/t10-,12+/m1/s1. The molecule has 0 aromatic heterocycles. The van der Waals surface area contributed by atoms with Crippen molar-refractivity contribution in [1.29, 1.82) is 5.26 Å². The predicted molar refractivity (Wildman–Crippen MR) is 79.0 cm³/mol. The van der Waals surface area contributed by atoms with Crippen molar-refractivity contribution < 1.29 is 43.7 Å². The monoisotopic (exact) mass is 418 g/mol. The van der Waals surface area contributed by atoms with E-state index in [1.807, 2.05) is 0 Å². The second kappa shape index (κ2) is 7.17. The average molecular weight is 418 g/mol. The Bertz CT molecular complexity index is 847. The highest BCUT2D eigenvalue weighted by Crippen LogP contribution is 2.39. The zero-order valence-corrected chi connectivity index (χ0v) is 14.3. The zero-order chi connectivity index (χ0) is 20.6. The number of rotatable bonds is 4. The minimum Gasteiger partial charge on any atom is -0.342 e. The van der Waals surface area contributed by atoms with Crippen LogP contribution in [0.2, 0.25) is 0 Å². The van der Waals surface area contributed by atoms with Crippen LogP contribution >= 0.6 is 0 Å².